The zero-order valence-corrected chi connectivity index (χ0v) is 13.7. The van der Waals surface area contributed by atoms with Crippen molar-refractivity contribution in [3.8, 4) is 0 Å². The van der Waals surface area contributed by atoms with Crippen LogP contribution in [0.15, 0.2) is 65.7 Å². The second-order valence-corrected chi connectivity index (χ2v) is 5.89. The van der Waals surface area contributed by atoms with Crippen LogP contribution in [0.3, 0.4) is 0 Å². The number of benzene rings is 2. The number of hydrogen-bond donors (Lipinski definition) is 1. The van der Waals surface area contributed by atoms with Gasteiger partial charge in [0.05, 0.1) is 5.69 Å². The van der Waals surface area contributed by atoms with Gasteiger partial charge in [0.25, 0.3) is 0 Å². The Kier molecular flexibility index (Phi) is 5.46. The van der Waals surface area contributed by atoms with Gasteiger partial charge >= 0.3 is 0 Å². The van der Waals surface area contributed by atoms with E-state index in [4.69, 9.17) is 0 Å². The van der Waals surface area contributed by atoms with Crippen molar-refractivity contribution in [3.05, 3.63) is 65.5 Å². The third-order valence-electron chi connectivity index (χ3n) is 2.40. The van der Waals surface area contributed by atoms with Crippen molar-refractivity contribution in [1.29, 1.82) is 0 Å². The van der Waals surface area contributed by atoms with Crippen LogP contribution in [0.2, 0.25) is 0 Å². The Morgan fingerprint density at radius 3 is 2.20 bits per heavy atom. The van der Waals surface area contributed by atoms with Crippen LogP contribution in [0.1, 0.15) is 0 Å². The summed E-state index contributed by atoms with van der Waals surface area (Å²) in [5.41, 5.74) is 1.96. The molecular weight excluding hydrogens is 354 g/mol. The molecule has 6 heteroatoms. The first-order valence-corrected chi connectivity index (χ1v) is 7.94. The molecule has 102 valence electrons. The van der Waals surface area contributed by atoms with E-state index in [2.05, 4.69) is 15.3 Å². The van der Waals surface area contributed by atoms with Gasteiger partial charge in [-0.15, -0.1) is 17.0 Å². The fourth-order valence-electron chi connectivity index (χ4n) is 1.55. The second-order valence-electron chi connectivity index (χ2n) is 3.80. The van der Waals surface area contributed by atoms with Crippen LogP contribution in [0.4, 0.5) is 16.5 Å². The molecule has 20 heavy (non-hydrogen) atoms. The van der Waals surface area contributed by atoms with Crippen molar-refractivity contribution in [3.63, 3.8) is 0 Å². The third-order valence-corrected chi connectivity index (χ3v) is 4.34. The first-order valence-electron chi connectivity index (χ1n) is 5.79. The minimum absolute atomic E-state index is 0. The van der Waals surface area contributed by atoms with Gasteiger partial charge in [0.2, 0.25) is 4.80 Å². The predicted molar refractivity (Wildman–Crippen MR) is 91.7 cm³/mol. The van der Waals surface area contributed by atoms with Crippen LogP contribution in [0, 0.1) is 0 Å². The summed E-state index contributed by atoms with van der Waals surface area (Å²) >= 11 is 0. The average molecular weight is 366 g/mol. The molecule has 2 aromatic carbocycles. The van der Waals surface area contributed by atoms with Crippen LogP contribution in [-0.4, -0.2) is 4.98 Å². The third kappa shape index (κ3) is 4.00. The normalized spacial score (nSPS) is 10.9. The summed E-state index contributed by atoms with van der Waals surface area (Å²) in [6, 6.07) is 19.9. The monoisotopic (exact) mass is 365 g/mol. The Labute approximate surface area is 134 Å². The van der Waals surface area contributed by atoms with Gasteiger partial charge in [-0.1, -0.05) is 36.4 Å². The van der Waals surface area contributed by atoms with Crippen molar-refractivity contribution >= 4 is 54.2 Å². The topological polar surface area (TPSA) is 37.3 Å². The molecule has 1 N–H and O–H groups in total. The number of rotatable bonds is 3. The fourth-order valence-corrected chi connectivity index (χ4v) is 3.24. The van der Waals surface area contributed by atoms with Crippen LogP contribution in [0.5, 0.6) is 0 Å². The number of para-hydroxylation sites is 2. The molecule has 0 saturated carbocycles. The molecule has 3 nitrogen and oxygen atoms in total. The maximum atomic E-state index is 4.48. The minimum Gasteiger partial charge on any atom is -0.331 e. The Morgan fingerprint density at radius 1 is 0.850 bits per heavy atom. The summed E-state index contributed by atoms with van der Waals surface area (Å²) in [4.78, 5) is 9.71. The lowest BCUT2D eigenvalue weighted by molar-refractivity contribution is 1.24. The lowest BCUT2D eigenvalue weighted by Gasteiger charge is -1.99. The fraction of sp³-hybridized carbons (Fsp3) is 0. The SMILES string of the molecule is Br.c1ccc(N=c2nc(Nc3ccccc3)ss2)cc1. The molecule has 0 spiro atoms. The molecule has 0 fully saturated rings. The number of nitrogens with zero attached hydrogens (tertiary/aromatic N) is 2. The molecule has 0 aliphatic heterocycles. The standard InChI is InChI=1S/C14H11N3S2.BrH/c1-3-7-11(8-4-1)15-13-17-14(19-18-13)16-12-9-5-2-6-10-12;/h1-10H,(H,15,16,17);1H. The average Bonchev–Trinajstić information content (AvgIpc) is 2.88. The number of aromatic nitrogens is 1. The molecule has 1 aromatic heterocycles. The first kappa shape index (κ1) is 14.9. The highest BCUT2D eigenvalue weighted by molar-refractivity contribution is 8.93. The maximum absolute atomic E-state index is 4.48. The maximum Gasteiger partial charge on any atom is 0.222 e. The highest BCUT2D eigenvalue weighted by Gasteiger charge is 1.99. The van der Waals surface area contributed by atoms with E-state index in [0.717, 1.165) is 21.3 Å². The molecule has 0 bridgehead atoms. The van der Waals surface area contributed by atoms with Crippen LogP contribution >= 0.6 is 37.7 Å². The van der Waals surface area contributed by atoms with E-state index >= 15 is 0 Å². The first-order chi connectivity index (χ1) is 9.40. The van der Waals surface area contributed by atoms with E-state index in [0.29, 0.717) is 0 Å². The summed E-state index contributed by atoms with van der Waals surface area (Å²) in [6.45, 7) is 0. The van der Waals surface area contributed by atoms with Gasteiger partial charge in [-0.05, 0) is 44.9 Å². The summed E-state index contributed by atoms with van der Waals surface area (Å²) in [7, 11) is 3.15. The molecule has 0 saturated heterocycles. The largest absolute Gasteiger partial charge is 0.331 e. The van der Waals surface area contributed by atoms with Crippen LogP contribution < -0.4 is 10.1 Å². The molecule has 0 atom stereocenters. The van der Waals surface area contributed by atoms with Crippen molar-refractivity contribution in [2.24, 2.45) is 4.99 Å². The number of nitrogens with one attached hydrogen (secondary N) is 1. The van der Waals surface area contributed by atoms with E-state index in [1.807, 2.05) is 60.7 Å². The molecular formula is C14H12BrN3S2. The molecule has 0 unspecified atom stereocenters. The molecule has 3 rings (SSSR count). The Bertz CT molecular complexity index is 708. The molecule has 0 aliphatic rings. The number of halogens is 1. The second kappa shape index (κ2) is 7.33. The Balaban J connectivity index is 0.00000147. The van der Waals surface area contributed by atoms with Crippen LogP contribution in [-0.2, 0) is 0 Å². The summed E-state index contributed by atoms with van der Waals surface area (Å²) in [5, 5.41) is 4.13. The zero-order chi connectivity index (χ0) is 12.9. The number of anilines is 2. The van der Waals surface area contributed by atoms with Gasteiger partial charge in [-0.2, -0.15) is 4.98 Å². The Hall–Kier alpha value is -1.50. The molecule has 0 aliphatic carbocycles. The van der Waals surface area contributed by atoms with E-state index in [-0.39, 0.29) is 17.0 Å². The number of hydrogen-bond acceptors (Lipinski definition) is 5. The van der Waals surface area contributed by atoms with Crippen molar-refractivity contribution in [2.75, 3.05) is 5.32 Å². The quantitative estimate of drug-likeness (QED) is 0.679. The van der Waals surface area contributed by atoms with Crippen LogP contribution in [0.25, 0.3) is 0 Å². The molecule has 0 amide bonds. The van der Waals surface area contributed by atoms with Gasteiger partial charge in [-0.3, -0.25) is 0 Å². The zero-order valence-electron chi connectivity index (χ0n) is 10.4. The lowest BCUT2D eigenvalue weighted by Crippen LogP contribution is -1.98. The molecule has 0 radical (unpaired) electrons. The van der Waals surface area contributed by atoms with Gasteiger partial charge in [0.15, 0.2) is 5.13 Å². The van der Waals surface area contributed by atoms with E-state index < -0.39 is 0 Å². The highest BCUT2D eigenvalue weighted by Crippen LogP contribution is 2.19. The van der Waals surface area contributed by atoms with E-state index in [9.17, 15) is 0 Å². The van der Waals surface area contributed by atoms with E-state index in [1.165, 1.54) is 0 Å². The van der Waals surface area contributed by atoms with Crippen molar-refractivity contribution in [1.82, 2.24) is 4.98 Å². The Morgan fingerprint density at radius 2 is 1.50 bits per heavy atom. The van der Waals surface area contributed by atoms with Gasteiger partial charge in [0.1, 0.15) is 0 Å². The molecule has 3 aromatic rings. The smallest absolute Gasteiger partial charge is 0.222 e. The van der Waals surface area contributed by atoms with Crippen molar-refractivity contribution in [2.45, 2.75) is 0 Å². The summed E-state index contributed by atoms with van der Waals surface area (Å²) in [6.07, 6.45) is 0. The minimum atomic E-state index is 0. The van der Waals surface area contributed by atoms with Gasteiger partial charge in [-0.25, -0.2) is 4.99 Å². The summed E-state index contributed by atoms with van der Waals surface area (Å²) in [5.74, 6) is 0. The lowest BCUT2D eigenvalue weighted by atomic mass is 10.3. The van der Waals surface area contributed by atoms with Gasteiger partial charge in [0, 0.05) is 5.69 Å². The highest BCUT2D eigenvalue weighted by atomic mass is 79.9. The molecule has 1 heterocycles. The van der Waals surface area contributed by atoms with E-state index in [1.54, 1.807) is 20.7 Å². The van der Waals surface area contributed by atoms with Gasteiger partial charge < -0.3 is 5.32 Å². The van der Waals surface area contributed by atoms with Crippen molar-refractivity contribution < 1.29 is 0 Å². The predicted octanol–water partition coefficient (Wildman–Crippen LogP) is 4.76. The summed E-state index contributed by atoms with van der Waals surface area (Å²) < 4.78 is 0.